The minimum absolute atomic E-state index is 0.0326. The molecule has 1 aliphatic heterocycles. The van der Waals surface area contributed by atoms with Crippen LogP contribution in [0, 0.1) is 0 Å². The number of aliphatic hydroxyl groups is 1. The van der Waals surface area contributed by atoms with Crippen molar-refractivity contribution in [3.63, 3.8) is 0 Å². The molecule has 2 rings (SSSR count). The summed E-state index contributed by atoms with van der Waals surface area (Å²) in [7, 11) is 0. The number of hydrogen-bond acceptors (Lipinski definition) is 4. The van der Waals surface area contributed by atoms with Crippen LogP contribution in [0.25, 0.3) is 0 Å². The topological polar surface area (TPSA) is 41.5 Å². The van der Waals surface area contributed by atoms with E-state index in [4.69, 9.17) is 4.74 Å². The molecule has 90 valence electrons. The Morgan fingerprint density at radius 1 is 1.69 bits per heavy atom. The summed E-state index contributed by atoms with van der Waals surface area (Å²) in [5.41, 5.74) is -0.0326. The molecule has 0 aromatic carbocycles. The van der Waals surface area contributed by atoms with Gasteiger partial charge in [0.05, 0.1) is 5.60 Å². The normalized spacial score (nSPS) is 27.1. The van der Waals surface area contributed by atoms with Gasteiger partial charge in [-0.05, 0) is 31.2 Å². The van der Waals surface area contributed by atoms with Crippen LogP contribution >= 0.6 is 11.3 Å². The van der Waals surface area contributed by atoms with Crippen LogP contribution in [0.5, 0.6) is 0 Å². The van der Waals surface area contributed by atoms with Crippen molar-refractivity contribution < 1.29 is 9.84 Å². The number of nitrogens with one attached hydrogen (secondary N) is 1. The Balaban J connectivity index is 1.72. The van der Waals surface area contributed by atoms with Gasteiger partial charge in [0.1, 0.15) is 6.10 Å². The predicted octanol–water partition coefficient (Wildman–Crippen LogP) is 1.94. The van der Waals surface area contributed by atoms with Crippen molar-refractivity contribution in [1.29, 1.82) is 0 Å². The van der Waals surface area contributed by atoms with Gasteiger partial charge in [-0.2, -0.15) is 0 Å². The first-order valence-corrected chi connectivity index (χ1v) is 6.64. The quantitative estimate of drug-likeness (QED) is 0.828. The van der Waals surface area contributed by atoms with Crippen LogP contribution in [0.3, 0.4) is 0 Å². The molecule has 2 N–H and O–H groups in total. The lowest BCUT2D eigenvalue weighted by atomic mass is 10.0. The molecule has 1 aromatic heterocycles. The van der Waals surface area contributed by atoms with Crippen LogP contribution in [0.15, 0.2) is 17.5 Å². The van der Waals surface area contributed by atoms with Gasteiger partial charge in [-0.15, -0.1) is 11.3 Å². The van der Waals surface area contributed by atoms with Gasteiger partial charge in [-0.25, -0.2) is 0 Å². The third kappa shape index (κ3) is 3.04. The molecule has 1 aromatic rings. The zero-order chi connectivity index (χ0) is 11.4. The fourth-order valence-corrected chi connectivity index (χ4v) is 2.74. The Hall–Kier alpha value is -0.420. The van der Waals surface area contributed by atoms with E-state index in [0.29, 0.717) is 6.54 Å². The minimum atomic E-state index is -0.398. The standard InChI is InChI=1S/C12H19NO2S/c1-12(5-3-6-15-12)9-13-8-10(14)11-4-2-7-16-11/h2,4,7,10,13-14H,3,5-6,8-9H2,1H3. The predicted molar refractivity (Wildman–Crippen MR) is 65.7 cm³/mol. The first kappa shape index (κ1) is 12.0. The molecule has 0 saturated carbocycles. The molecule has 4 heteroatoms. The van der Waals surface area contributed by atoms with E-state index in [1.807, 2.05) is 17.5 Å². The summed E-state index contributed by atoms with van der Waals surface area (Å²) in [4.78, 5) is 1.02. The van der Waals surface area contributed by atoms with Crippen LogP contribution in [-0.2, 0) is 4.74 Å². The second kappa shape index (κ2) is 5.27. The van der Waals surface area contributed by atoms with E-state index < -0.39 is 6.10 Å². The van der Waals surface area contributed by atoms with Crippen molar-refractivity contribution in [1.82, 2.24) is 5.32 Å². The highest BCUT2D eigenvalue weighted by atomic mass is 32.1. The molecule has 1 saturated heterocycles. The highest BCUT2D eigenvalue weighted by Crippen LogP contribution is 2.24. The monoisotopic (exact) mass is 241 g/mol. The fraction of sp³-hybridized carbons (Fsp3) is 0.667. The summed E-state index contributed by atoms with van der Waals surface area (Å²) in [6.45, 7) is 4.41. The Morgan fingerprint density at radius 3 is 3.19 bits per heavy atom. The van der Waals surface area contributed by atoms with Gasteiger partial charge in [-0.1, -0.05) is 6.07 Å². The molecule has 0 bridgehead atoms. The molecule has 2 atom stereocenters. The maximum absolute atomic E-state index is 9.87. The average Bonchev–Trinajstić information content (AvgIpc) is 2.88. The zero-order valence-electron chi connectivity index (χ0n) is 9.61. The molecule has 2 unspecified atom stereocenters. The highest BCUT2D eigenvalue weighted by Gasteiger charge is 2.29. The van der Waals surface area contributed by atoms with Crippen molar-refractivity contribution in [2.75, 3.05) is 19.7 Å². The van der Waals surface area contributed by atoms with Gasteiger partial charge >= 0.3 is 0 Å². The van der Waals surface area contributed by atoms with Gasteiger partial charge in [0.2, 0.25) is 0 Å². The lowest BCUT2D eigenvalue weighted by molar-refractivity contribution is 0.0186. The number of aliphatic hydroxyl groups excluding tert-OH is 1. The molecule has 16 heavy (non-hydrogen) atoms. The Kier molecular flexibility index (Phi) is 3.97. The fourth-order valence-electron chi connectivity index (χ4n) is 2.03. The third-order valence-electron chi connectivity index (χ3n) is 3.01. The second-order valence-electron chi connectivity index (χ2n) is 4.56. The summed E-state index contributed by atoms with van der Waals surface area (Å²) in [6, 6.07) is 3.93. The van der Waals surface area contributed by atoms with Crippen LogP contribution in [0.2, 0.25) is 0 Å². The van der Waals surface area contributed by atoms with E-state index in [-0.39, 0.29) is 5.60 Å². The van der Waals surface area contributed by atoms with E-state index in [2.05, 4.69) is 12.2 Å². The van der Waals surface area contributed by atoms with Crippen molar-refractivity contribution in [2.24, 2.45) is 0 Å². The average molecular weight is 241 g/mol. The van der Waals surface area contributed by atoms with Gasteiger partial charge in [0, 0.05) is 24.6 Å². The van der Waals surface area contributed by atoms with E-state index in [1.165, 1.54) is 0 Å². The summed E-state index contributed by atoms with van der Waals surface area (Å²) in [6.07, 6.45) is 1.85. The van der Waals surface area contributed by atoms with E-state index in [9.17, 15) is 5.11 Å². The van der Waals surface area contributed by atoms with Gasteiger partial charge in [0.25, 0.3) is 0 Å². The van der Waals surface area contributed by atoms with Crippen molar-refractivity contribution >= 4 is 11.3 Å². The summed E-state index contributed by atoms with van der Waals surface area (Å²) >= 11 is 1.59. The minimum Gasteiger partial charge on any atom is -0.386 e. The second-order valence-corrected chi connectivity index (χ2v) is 5.54. The number of thiophene rings is 1. The lowest BCUT2D eigenvalue weighted by Gasteiger charge is -2.24. The van der Waals surface area contributed by atoms with Gasteiger partial charge in [0.15, 0.2) is 0 Å². The first-order valence-electron chi connectivity index (χ1n) is 5.76. The molecule has 0 amide bonds. The molecule has 0 aliphatic carbocycles. The molecule has 1 fully saturated rings. The third-order valence-corrected chi connectivity index (χ3v) is 3.98. The first-order chi connectivity index (χ1) is 7.70. The van der Waals surface area contributed by atoms with E-state index >= 15 is 0 Å². The van der Waals surface area contributed by atoms with Crippen LogP contribution in [0.1, 0.15) is 30.7 Å². The van der Waals surface area contributed by atoms with E-state index in [1.54, 1.807) is 11.3 Å². The number of rotatable bonds is 5. The number of ether oxygens (including phenoxy) is 1. The highest BCUT2D eigenvalue weighted by molar-refractivity contribution is 7.10. The summed E-state index contributed by atoms with van der Waals surface area (Å²) in [5, 5.41) is 15.1. The van der Waals surface area contributed by atoms with Gasteiger partial charge in [-0.3, -0.25) is 0 Å². The molecule has 3 nitrogen and oxygen atoms in total. The molecule has 1 aliphatic rings. The van der Waals surface area contributed by atoms with Crippen LogP contribution in [0.4, 0.5) is 0 Å². The molecule has 0 spiro atoms. The van der Waals surface area contributed by atoms with Crippen molar-refractivity contribution in [2.45, 2.75) is 31.5 Å². The van der Waals surface area contributed by atoms with Crippen LogP contribution < -0.4 is 5.32 Å². The van der Waals surface area contributed by atoms with Crippen molar-refractivity contribution in [3.05, 3.63) is 22.4 Å². The zero-order valence-corrected chi connectivity index (χ0v) is 10.4. The summed E-state index contributed by atoms with van der Waals surface area (Å²) < 4.78 is 5.67. The molecular weight excluding hydrogens is 222 g/mol. The Labute approximate surface area is 100 Å². The largest absolute Gasteiger partial charge is 0.386 e. The Morgan fingerprint density at radius 2 is 2.56 bits per heavy atom. The summed E-state index contributed by atoms with van der Waals surface area (Å²) in [5.74, 6) is 0. The smallest absolute Gasteiger partial charge is 0.101 e. The van der Waals surface area contributed by atoms with Gasteiger partial charge < -0.3 is 15.2 Å². The SMILES string of the molecule is CC1(CNCC(O)c2cccs2)CCCO1. The Bertz CT molecular complexity index is 307. The maximum Gasteiger partial charge on any atom is 0.101 e. The number of hydrogen-bond donors (Lipinski definition) is 2. The lowest BCUT2D eigenvalue weighted by Crippen LogP contribution is -2.38. The van der Waals surface area contributed by atoms with Crippen LogP contribution in [-0.4, -0.2) is 30.4 Å². The van der Waals surface area contributed by atoms with E-state index in [0.717, 1.165) is 30.9 Å². The van der Waals surface area contributed by atoms with Crippen molar-refractivity contribution in [3.8, 4) is 0 Å². The molecule has 2 heterocycles. The molecule has 0 radical (unpaired) electrons. The molecular formula is C12H19NO2S. The maximum atomic E-state index is 9.87.